The Balaban J connectivity index is 1.90. The minimum atomic E-state index is -0.386. The number of hydrogen-bond acceptors (Lipinski definition) is 3. The maximum atomic E-state index is 13.0. The molecule has 1 heterocycles. The Hall–Kier alpha value is -1.95. The Morgan fingerprint density at radius 3 is 2.54 bits per heavy atom. The van der Waals surface area contributed by atoms with Gasteiger partial charge in [0.15, 0.2) is 5.13 Å². The van der Waals surface area contributed by atoms with Gasteiger partial charge in [0.25, 0.3) is 5.91 Å². The molecule has 3 nitrogen and oxygen atoms in total. The average molecular weight is 409 g/mol. The minimum Gasteiger partial charge on any atom is -0.298 e. The summed E-state index contributed by atoms with van der Waals surface area (Å²) >= 11 is 13.5. The van der Waals surface area contributed by atoms with Crippen molar-refractivity contribution in [3.8, 4) is 11.3 Å². The van der Waals surface area contributed by atoms with E-state index in [2.05, 4.69) is 17.2 Å². The molecule has 0 radical (unpaired) electrons. The van der Waals surface area contributed by atoms with E-state index in [4.69, 9.17) is 23.2 Å². The van der Waals surface area contributed by atoms with Crippen LogP contribution in [0.4, 0.5) is 9.52 Å². The summed E-state index contributed by atoms with van der Waals surface area (Å²) in [6.07, 6.45) is 1.78. The molecule has 0 aliphatic carbocycles. The van der Waals surface area contributed by atoms with Gasteiger partial charge in [-0.15, -0.1) is 11.3 Å². The van der Waals surface area contributed by atoms with Crippen molar-refractivity contribution in [2.75, 3.05) is 5.32 Å². The van der Waals surface area contributed by atoms with E-state index < -0.39 is 0 Å². The van der Waals surface area contributed by atoms with Crippen molar-refractivity contribution in [3.05, 3.63) is 68.8 Å². The smallest absolute Gasteiger partial charge is 0.257 e. The van der Waals surface area contributed by atoms with Gasteiger partial charge in [0, 0.05) is 16.0 Å². The fourth-order valence-corrected chi connectivity index (χ4v) is 3.82. The van der Waals surface area contributed by atoms with Crippen molar-refractivity contribution in [3.63, 3.8) is 0 Å². The van der Waals surface area contributed by atoms with E-state index in [9.17, 15) is 9.18 Å². The van der Waals surface area contributed by atoms with E-state index in [1.807, 2.05) is 6.07 Å². The van der Waals surface area contributed by atoms with Gasteiger partial charge in [0.2, 0.25) is 0 Å². The summed E-state index contributed by atoms with van der Waals surface area (Å²) in [4.78, 5) is 18.0. The number of anilines is 1. The highest BCUT2D eigenvalue weighted by Gasteiger charge is 2.16. The molecule has 0 atom stereocenters. The van der Waals surface area contributed by atoms with E-state index in [0.717, 1.165) is 29.0 Å². The van der Waals surface area contributed by atoms with Gasteiger partial charge in [-0.2, -0.15) is 0 Å². The number of carbonyl (C=O) groups excluding carboxylic acids is 1. The van der Waals surface area contributed by atoms with E-state index in [0.29, 0.717) is 20.7 Å². The van der Waals surface area contributed by atoms with Crippen LogP contribution in [0, 0.1) is 5.82 Å². The standard InChI is InChI=1S/C19H15Cl2FN2OS/c1-2-3-16-17(12-6-9-14(20)15(21)10-12)23-19(26-16)24-18(25)11-4-7-13(22)8-5-11/h4-10H,2-3H2,1H3,(H,23,24,25). The summed E-state index contributed by atoms with van der Waals surface area (Å²) in [6.45, 7) is 2.08. The number of amides is 1. The first kappa shape index (κ1) is 18.8. The van der Waals surface area contributed by atoms with Crippen LogP contribution in [0.2, 0.25) is 10.0 Å². The first-order chi connectivity index (χ1) is 12.5. The molecule has 134 valence electrons. The highest BCUT2D eigenvalue weighted by molar-refractivity contribution is 7.16. The van der Waals surface area contributed by atoms with E-state index in [1.165, 1.54) is 35.6 Å². The first-order valence-corrected chi connectivity index (χ1v) is 9.57. The summed E-state index contributed by atoms with van der Waals surface area (Å²) in [5.41, 5.74) is 2.00. The van der Waals surface area contributed by atoms with Crippen molar-refractivity contribution in [2.24, 2.45) is 0 Å². The Labute approximate surface area is 164 Å². The van der Waals surface area contributed by atoms with Crippen LogP contribution in [-0.2, 0) is 6.42 Å². The number of hydrogen-bond donors (Lipinski definition) is 1. The number of aryl methyl sites for hydroxylation is 1. The molecular weight excluding hydrogens is 394 g/mol. The number of carbonyl (C=O) groups is 1. The summed E-state index contributed by atoms with van der Waals surface area (Å²) in [5, 5.41) is 4.20. The van der Waals surface area contributed by atoms with Gasteiger partial charge >= 0.3 is 0 Å². The molecule has 3 aromatic rings. The van der Waals surface area contributed by atoms with Gasteiger partial charge in [-0.3, -0.25) is 10.1 Å². The van der Waals surface area contributed by atoms with Gasteiger partial charge in [0.1, 0.15) is 5.82 Å². The number of halogens is 3. The molecular formula is C19H15Cl2FN2OS. The van der Waals surface area contributed by atoms with Crippen LogP contribution in [0.5, 0.6) is 0 Å². The largest absolute Gasteiger partial charge is 0.298 e. The summed E-state index contributed by atoms with van der Waals surface area (Å²) < 4.78 is 13.0. The number of benzene rings is 2. The zero-order chi connectivity index (χ0) is 18.7. The number of nitrogens with one attached hydrogen (secondary N) is 1. The molecule has 1 aromatic heterocycles. The fourth-order valence-electron chi connectivity index (χ4n) is 2.44. The highest BCUT2D eigenvalue weighted by Crippen LogP contribution is 2.35. The zero-order valence-electron chi connectivity index (χ0n) is 13.9. The molecule has 0 spiro atoms. The minimum absolute atomic E-state index is 0.331. The SMILES string of the molecule is CCCc1sc(NC(=O)c2ccc(F)cc2)nc1-c1ccc(Cl)c(Cl)c1. The molecule has 0 saturated heterocycles. The fraction of sp³-hybridized carbons (Fsp3) is 0.158. The maximum Gasteiger partial charge on any atom is 0.257 e. The van der Waals surface area contributed by atoms with Gasteiger partial charge in [-0.05, 0) is 42.8 Å². The Bertz CT molecular complexity index is 941. The molecule has 7 heteroatoms. The number of nitrogens with zero attached hydrogens (tertiary/aromatic N) is 1. The molecule has 0 fully saturated rings. The molecule has 26 heavy (non-hydrogen) atoms. The first-order valence-electron chi connectivity index (χ1n) is 8.00. The van der Waals surface area contributed by atoms with Crippen LogP contribution in [0.1, 0.15) is 28.6 Å². The lowest BCUT2D eigenvalue weighted by atomic mass is 10.1. The molecule has 0 bridgehead atoms. The van der Waals surface area contributed by atoms with Crippen molar-refractivity contribution in [1.82, 2.24) is 4.98 Å². The third-order valence-electron chi connectivity index (χ3n) is 3.69. The van der Waals surface area contributed by atoms with E-state index in [-0.39, 0.29) is 11.7 Å². The van der Waals surface area contributed by atoms with E-state index >= 15 is 0 Å². The number of aromatic nitrogens is 1. The number of thiazole rings is 1. The normalized spacial score (nSPS) is 10.8. The van der Waals surface area contributed by atoms with Gasteiger partial charge in [-0.25, -0.2) is 9.37 Å². The van der Waals surface area contributed by atoms with Crippen LogP contribution in [0.15, 0.2) is 42.5 Å². The average Bonchev–Trinajstić information content (AvgIpc) is 3.00. The molecule has 0 saturated carbocycles. The Kier molecular flexibility index (Phi) is 5.91. The summed E-state index contributed by atoms with van der Waals surface area (Å²) in [7, 11) is 0. The predicted molar refractivity (Wildman–Crippen MR) is 106 cm³/mol. The number of rotatable bonds is 5. The lowest BCUT2D eigenvalue weighted by Gasteiger charge is -2.03. The van der Waals surface area contributed by atoms with Crippen LogP contribution in [0.25, 0.3) is 11.3 Å². The molecule has 0 unspecified atom stereocenters. The second-order valence-electron chi connectivity index (χ2n) is 5.63. The lowest BCUT2D eigenvalue weighted by Crippen LogP contribution is -2.11. The second-order valence-corrected chi connectivity index (χ2v) is 7.53. The Morgan fingerprint density at radius 2 is 1.88 bits per heavy atom. The van der Waals surface area contributed by atoms with Crippen LogP contribution in [0.3, 0.4) is 0 Å². The van der Waals surface area contributed by atoms with Crippen molar-refractivity contribution >= 4 is 45.6 Å². The molecule has 0 aliphatic rings. The van der Waals surface area contributed by atoms with Crippen LogP contribution < -0.4 is 5.32 Å². The lowest BCUT2D eigenvalue weighted by molar-refractivity contribution is 0.102. The van der Waals surface area contributed by atoms with Gasteiger partial charge < -0.3 is 0 Å². The quantitative estimate of drug-likeness (QED) is 0.525. The molecule has 2 aromatic carbocycles. The zero-order valence-corrected chi connectivity index (χ0v) is 16.2. The van der Waals surface area contributed by atoms with E-state index in [1.54, 1.807) is 12.1 Å². The molecule has 1 N–H and O–H groups in total. The maximum absolute atomic E-state index is 13.0. The second kappa shape index (κ2) is 8.16. The summed E-state index contributed by atoms with van der Waals surface area (Å²) in [5.74, 6) is -0.717. The molecule has 3 rings (SSSR count). The van der Waals surface area contributed by atoms with Gasteiger partial charge in [-0.1, -0.05) is 42.6 Å². The topological polar surface area (TPSA) is 42.0 Å². The third kappa shape index (κ3) is 4.23. The van der Waals surface area contributed by atoms with Crippen molar-refractivity contribution in [1.29, 1.82) is 0 Å². The summed E-state index contributed by atoms with van der Waals surface area (Å²) in [6, 6.07) is 10.7. The van der Waals surface area contributed by atoms with Crippen molar-refractivity contribution < 1.29 is 9.18 Å². The van der Waals surface area contributed by atoms with Gasteiger partial charge in [0.05, 0.1) is 15.7 Å². The predicted octanol–water partition coefficient (Wildman–Crippen LogP) is 6.46. The third-order valence-corrected chi connectivity index (χ3v) is 5.46. The van der Waals surface area contributed by atoms with Crippen LogP contribution >= 0.6 is 34.5 Å². The Morgan fingerprint density at radius 1 is 1.15 bits per heavy atom. The van der Waals surface area contributed by atoms with Crippen LogP contribution in [-0.4, -0.2) is 10.9 Å². The van der Waals surface area contributed by atoms with Crippen molar-refractivity contribution in [2.45, 2.75) is 19.8 Å². The highest BCUT2D eigenvalue weighted by atomic mass is 35.5. The molecule has 0 aliphatic heterocycles. The molecule has 1 amide bonds. The monoisotopic (exact) mass is 408 g/mol.